The predicted octanol–water partition coefficient (Wildman–Crippen LogP) is 5.03. The third-order valence-electron chi connectivity index (χ3n) is 6.33. The van der Waals surface area contributed by atoms with Crippen LogP contribution in [0.25, 0.3) is 11.2 Å². The van der Waals surface area contributed by atoms with Crippen LogP contribution in [-0.4, -0.2) is 24.2 Å². The van der Waals surface area contributed by atoms with Crippen molar-refractivity contribution in [3.8, 4) is 0 Å². The summed E-state index contributed by atoms with van der Waals surface area (Å²) in [6.45, 7) is 5.32. The molecule has 0 saturated carbocycles. The average molecular weight is 700 g/mol. The summed E-state index contributed by atoms with van der Waals surface area (Å²) in [4.78, 5) is 4.15. The Balaban J connectivity index is 0.000000252. The molecule has 0 fully saturated rings. The molecule has 0 unspecified atom stereocenters. The number of fused-ring (bicyclic) bond motifs is 2. The van der Waals surface area contributed by atoms with Crippen LogP contribution < -0.4 is 20.5 Å². The lowest BCUT2D eigenvalue weighted by Crippen LogP contribution is -2.48. The van der Waals surface area contributed by atoms with E-state index >= 15 is 0 Å². The summed E-state index contributed by atoms with van der Waals surface area (Å²) >= 11 is 17.9. The van der Waals surface area contributed by atoms with Crippen molar-refractivity contribution in [3.63, 3.8) is 0 Å². The predicted molar refractivity (Wildman–Crippen MR) is 176 cm³/mol. The third-order valence-corrected chi connectivity index (χ3v) is 7.01. The molecule has 6 heterocycles. The molecule has 0 aliphatic heterocycles. The molecular weight excluding hydrogens is 667 g/mol. The molecule has 0 aliphatic carbocycles. The Morgan fingerprint density at radius 3 is 2.07 bits per heavy atom. The monoisotopic (exact) mass is 698 g/mol. The van der Waals surface area contributed by atoms with Crippen LogP contribution in [0.4, 0.5) is 10.5 Å². The summed E-state index contributed by atoms with van der Waals surface area (Å²) in [5.74, 6) is 0.804. The van der Waals surface area contributed by atoms with Gasteiger partial charge in [-0.05, 0) is 42.7 Å². The van der Waals surface area contributed by atoms with E-state index in [0.29, 0.717) is 28.4 Å². The fourth-order valence-electron chi connectivity index (χ4n) is 4.14. The Morgan fingerprint density at radius 1 is 0.867 bits per heavy atom. The molecule has 0 amide bonds. The lowest BCUT2D eigenvalue weighted by atomic mass is 10.2. The van der Waals surface area contributed by atoms with E-state index in [9.17, 15) is 10.4 Å². The van der Waals surface area contributed by atoms with E-state index in [1.807, 2.05) is 41.9 Å². The van der Waals surface area contributed by atoms with Crippen molar-refractivity contribution in [2.75, 3.05) is 5.32 Å². The van der Waals surface area contributed by atoms with Crippen molar-refractivity contribution in [2.45, 2.75) is 39.8 Å². The van der Waals surface area contributed by atoms with Gasteiger partial charge in [0, 0.05) is 40.9 Å². The van der Waals surface area contributed by atoms with Crippen LogP contribution in [0.2, 0.25) is 15.3 Å². The molecule has 6 aromatic heterocycles. The SMILES string of the molecule is CCc1cnn2c(Cl)cc(Cl)nc12.CCc1cnn2c(NCc3ccc[n+]([O-])c3)cc(Cl)cc12.Cl.F.[NH3+]Cc1ccc[n+]([O-])c1. The fourth-order valence-corrected chi connectivity index (χ4v) is 4.81. The van der Waals surface area contributed by atoms with Gasteiger partial charge in [-0.3, -0.25) is 4.70 Å². The minimum Gasteiger partial charge on any atom is -0.619 e. The number of hydrogen-bond acceptors (Lipinski definition) is 6. The molecule has 0 atom stereocenters. The Labute approximate surface area is 280 Å². The van der Waals surface area contributed by atoms with Crippen LogP contribution in [0.5, 0.6) is 0 Å². The first-order valence-electron chi connectivity index (χ1n) is 13.5. The Hall–Kier alpha value is -3.94. The molecule has 6 rings (SSSR count). The average Bonchev–Trinajstić information content (AvgIpc) is 3.60. The maximum Gasteiger partial charge on any atom is 0.189 e. The van der Waals surface area contributed by atoms with Crippen LogP contribution in [-0.2, 0) is 25.9 Å². The van der Waals surface area contributed by atoms with Gasteiger partial charge in [-0.15, -0.1) is 12.4 Å². The van der Waals surface area contributed by atoms with Gasteiger partial charge in [0.1, 0.15) is 22.7 Å². The highest BCUT2D eigenvalue weighted by atomic mass is 35.5. The van der Waals surface area contributed by atoms with Crippen LogP contribution >= 0.6 is 47.2 Å². The standard InChI is InChI=1S/C15H15ClN4O.C8H7Cl2N3.C6H8N2O.ClH.FH/c1-2-12-9-18-20-14(12)6-13(16)7-15(20)17-8-11-4-3-5-19(21)10-11;1-2-5-4-11-13-7(10)3-6(9)12-8(5)13;7-4-6-2-1-3-8(9)5-6;;/h3-7,9-10,17H,2,8H2,1H3;3-4H,2H2,1H3;1-3,5H,4,7H2;2*1H/p+1. The maximum absolute atomic E-state index is 11.3. The van der Waals surface area contributed by atoms with Gasteiger partial charge in [-0.1, -0.05) is 48.7 Å². The number of nitrogens with one attached hydrogen (secondary N) is 1. The largest absolute Gasteiger partial charge is 0.619 e. The first-order chi connectivity index (χ1) is 20.7. The molecule has 0 bridgehead atoms. The third kappa shape index (κ3) is 9.77. The smallest absolute Gasteiger partial charge is 0.189 e. The normalized spacial score (nSPS) is 10.2. The Morgan fingerprint density at radius 2 is 1.47 bits per heavy atom. The zero-order valence-corrected chi connectivity index (χ0v) is 27.5. The minimum atomic E-state index is 0. The quantitative estimate of drug-likeness (QED) is 0.142. The van der Waals surface area contributed by atoms with Crippen molar-refractivity contribution in [1.82, 2.24) is 24.2 Å². The number of nitrogens with zero attached hydrogens (tertiary/aromatic N) is 7. The van der Waals surface area contributed by atoms with Crippen molar-refractivity contribution in [2.24, 2.45) is 0 Å². The van der Waals surface area contributed by atoms with Crippen molar-refractivity contribution in [3.05, 3.63) is 128 Å². The Bertz CT molecular complexity index is 1840. The fraction of sp³-hybridized carbons (Fsp3) is 0.207. The highest BCUT2D eigenvalue weighted by molar-refractivity contribution is 6.33. The molecule has 240 valence electrons. The molecule has 11 nitrogen and oxygen atoms in total. The summed E-state index contributed by atoms with van der Waals surface area (Å²) in [6, 6.07) is 12.5. The highest BCUT2D eigenvalue weighted by Crippen LogP contribution is 2.23. The topological polar surface area (TPSA) is 141 Å². The van der Waals surface area contributed by atoms with E-state index in [1.54, 1.807) is 28.9 Å². The van der Waals surface area contributed by atoms with Crippen LogP contribution in [0.15, 0.2) is 79.6 Å². The van der Waals surface area contributed by atoms with Crippen LogP contribution in [0.1, 0.15) is 36.1 Å². The van der Waals surface area contributed by atoms with Gasteiger partial charge in [0.25, 0.3) is 0 Å². The highest BCUT2D eigenvalue weighted by Gasteiger charge is 2.09. The van der Waals surface area contributed by atoms with E-state index in [-0.39, 0.29) is 17.1 Å². The number of halogens is 5. The van der Waals surface area contributed by atoms with Gasteiger partial charge in [-0.2, -0.15) is 19.7 Å². The first-order valence-corrected chi connectivity index (χ1v) is 14.6. The van der Waals surface area contributed by atoms with Gasteiger partial charge in [-0.25, -0.2) is 14.0 Å². The van der Waals surface area contributed by atoms with Crippen molar-refractivity contribution in [1.29, 1.82) is 0 Å². The molecule has 45 heavy (non-hydrogen) atoms. The molecule has 0 saturated heterocycles. The van der Waals surface area contributed by atoms with E-state index < -0.39 is 0 Å². The number of hydrogen-bond donors (Lipinski definition) is 2. The molecule has 4 N–H and O–H groups in total. The number of pyridine rings is 3. The van der Waals surface area contributed by atoms with Crippen LogP contribution in [0, 0.1) is 10.4 Å². The van der Waals surface area contributed by atoms with E-state index in [2.05, 4.69) is 33.2 Å². The summed E-state index contributed by atoms with van der Waals surface area (Å²) in [7, 11) is 0. The molecule has 6 aromatic rings. The number of aryl methyl sites for hydroxylation is 2. The van der Waals surface area contributed by atoms with Crippen molar-refractivity contribution < 1.29 is 19.9 Å². The van der Waals surface area contributed by atoms with E-state index in [1.165, 1.54) is 24.8 Å². The lowest BCUT2D eigenvalue weighted by Gasteiger charge is -2.09. The second-order valence-corrected chi connectivity index (χ2v) is 10.5. The number of rotatable bonds is 6. The zero-order chi connectivity index (χ0) is 30.9. The molecule has 0 aromatic carbocycles. The van der Waals surface area contributed by atoms with Gasteiger partial charge >= 0.3 is 0 Å². The minimum absolute atomic E-state index is 0. The van der Waals surface area contributed by atoms with Crippen LogP contribution in [0.3, 0.4) is 0 Å². The summed E-state index contributed by atoms with van der Waals surface area (Å²) in [5.41, 5.74) is 9.43. The zero-order valence-electron chi connectivity index (χ0n) is 24.4. The van der Waals surface area contributed by atoms with Gasteiger partial charge in [0.05, 0.1) is 23.5 Å². The molecule has 0 spiro atoms. The molecule has 0 radical (unpaired) electrons. The van der Waals surface area contributed by atoms with Gasteiger partial charge in [0.2, 0.25) is 0 Å². The first kappa shape index (κ1) is 37.2. The summed E-state index contributed by atoms with van der Waals surface area (Å²) < 4.78 is 4.97. The second-order valence-electron chi connectivity index (χ2n) is 9.29. The van der Waals surface area contributed by atoms with Gasteiger partial charge < -0.3 is 21.5 Å². The Kier molecular flexibility index (Phi) is 14.5. The summed E-state index contributed by atoms with van der Waals surface area (Å²) in [5, 5.41) is 35.1. The number of anilines is 1. The number of quaternary nitrogens is 1. The lowest BCUT2D eigenvalue weighted by molar-refractivity contribution is -0.606. The second kappa shape index (κ2) is 17.5. The van der Waals surface area contributed by atoms with Crippen molar-refractivity contribution >= 4 is 64.2 Å². The summed E-state index contributed by atoms with van der Waals surface area (Å²) in [6.07, 6.45) is 11.4. The van der Waals surface area contributed by atoms with E-state index in [0.717, 1.165) is 61.5 Å². The number of aromatic nitrogens is 7. The maximum atomic E-state index is 11.3. The van der Waals surface area contributed by atoms with Gasteiger partial charge in [0.15, 0.2) is 30.4 Å². The molecule has 0 aliphatic rings. The van der Waals surface area contributed by atoms with E-state index in [4.69, 9.17) is 34.8 Å². The molecular formula is C29H33Cl4FN9O2+. The molecule has 16 heteroatoms.